The molecule has 0 aromatic rings. The molecule has 92 valence electrons. The molecule has 3 rings (SSSR count). The zero-order valence-corrected chi connectivity index (χ0v) is 10.3. The molecule has 0 amide bonds. The fourth-order valence-electron chi connectivity index (χ4n) is 3.68. The number of hydrogen-bond acceptors (Lipinski definition) is 4. The van der Waals surface area contributed by atoms with Gasteiger partial charge < -0.3 is 10.6 Å². The minimum atomic E-state index is 0.159. The quantitative estimate of drug-likeness (QED) is 0.622. The van der Waals surface area contributed by atoms with Crippen LogP contribution in [-0.2, 0) is 0 Å². The van der Waals surface area contributed by atoms with Crippen LogP contribution >= 0.6 is 0 Å². The highest BCUT2D eigenvalue weighted by Gasteiger charge is 2.48. The van der Waals surface area contributed by atoms with Gasteiger partial charge in [-0.15, -0.1) is 0 Å². The zero-order valence-electron chi connectivity index (χ0n) is 10.3. The van der Waals surface area contributed by atoms with Gasteiger partial charge in [-0.05, 0) is 20.0 Å². The van der Waals surface area contributed by atoms with Crippen LogP contribution in [0.4, 0.5) is 0 Å². The first-order chi connectivity index (χ1) is 8.31. The Morgan fingerprint density at radius 1 is 1.53 bits per heavy atom. The van der Waals surface area contributed by atoms with Gasteiger partial charge in [0.1, 0.15) is 0 Å². The lowest BCUT2D eigenvalue weighted by Crippen LogP contribution is -2.39. The van der Waals surface area contributed by atoms with E-state index in [-0.39, 0.29) is 5.92 Å². The molecule has 2 saturated heterocycles. The standard InChI is InChI=1S/C13H20N4/c1-17-8-10(5-14)12-13(17)11(7-16-12)9-3-2-4-15-6-9/h3,10-13,15-16H,2,4,6-8H2,1H3. The van der Waals surface area contributed by atoms with E-state index >= 15 is 0 Å². The van der Waals surface area contributed by atoms with Gasteiger partial charge in [-0.1, -0.05) is 11.6 Å². The lowest BCUT2D eigenvalue weighted by Gasteiger charge is -2.28. The normalized spacial score (nSPS) is 42.0. The summed E-state index contributed by atoms with van der Waals surface area (Å²) in [6.45, 7) is 4.08. The molecule has 2 N–H and O–H groups in total. The predicted octanol–water partition coefficient (Wildman–Crippen LogP) is -0.0521. The smallest absolute Gasteiger partial charge is 0.0758 e. The highest BCUT2D eigenvalue weighted by Crippen LogP contribution is 2.35. The first kappa shape index (κ1) is 11.2. The van der Waals surface area contributed by atoms with E-state index in [4.69, 9.17) is 0 Å². The molecule has 17 heavy (non-hydrogen) atoms. The van der Waals surface area contributed by atoms with Crippen LogP contribution in [0.1, 0.15) is 6.42 Å². The summed E-state index contributed by atoms with van der Waals surface area (Å²) < 4.78 is 0. The van der Waals surface area contributed by atoms with Gasteiger partial charge in [-0.3, -0.25) is 4.90 Å². The molecule has 0 radical (unpaired) electrons. The monoisotopic (exact) mass is 232 g/mol. The van der Waals surface area contributed by atoms with Crippen molar-refractivity contribution in [1.82, 2.24) is 15.5 Å². The van der Waals surface area contributed by atoms with Gasteiger partial charge in [0, 0.05) is 37.6 Å². The molecule has 3 aliphatic heterocycles. The van der Waals surface area contributed by atoms with Gasteiger partial charge in [-0.2, -0.15) is 5.26 Å². The summed E-state index contributed by atoms with van der Waals surface area (Å²) in [6, 6.07) is 3.34. The Labute approximate surface area is 103 Å². The van der Waals surface area contributed by atoms with Crippen molar-refractivity contribution in [3.63, 3.8) is 0 Å². The van der Waals surface area contributed by atoms with Gasteiger partial charge >= 0.3 is 0 Å². The van der Waals surface area contributed by atoms with Crippen molar-refractivity contribution in [2.75, 3.05) is 33.2 Å². The number of rotatable bonds is 1. The third-order valence-electron chi connectivity index (χ3n) is 4.48. The molecule has 4 atom stereocenters. The van der Waals surface area contributed by atoms with E-state index in [1.54, 1.807) is 5.57 Å². The average Bonchev–Trinajstić information content (AvgIpc) is 2.92. The topological polar surface area (TPSA) is 51.1 Å². The van der Waals surface area contributed by atoms with Gasteiger partial charge in [-0.25, -0.2) is 0 Å². The fraction of sp³-hybridized carbons (Fsp3) is 0.769. The molecule has 0 aliphatic carbocycles. The second-order valence-corrected chi connectivity index (χ2v) is 5.45. The van der Waals surface area contributed by atoms with E-state index in [9.17, 15) is 5.26 Å². The van der Waals surface area contributed by atoms with E-state index in [0.29, 0.717) is 18.0 Å². The van der Waals surface area contributed by atoms with Gasteiger partial charge in [0.05, 0.1) is 12.0 Å². The van der Waals surface area contributed by atoms with Crippen LogP contribution in [0.2, 0.25) is 0 Å². The zero-order chi connectivity index (χ0) is 11.8. The predicted molar refractivity (Wildman–Crippen MR) is 66.4 cm³/mol. The maximum atomic E-state index is 9.18. The third-order valence-corrected chi connectivity index (χ3v) is 4.48. The molecular formula is C13H20N4. The lowest BCUT2D eigenvalue weighted by atomic mass is 9.88. The van der Waals surface area contributed by atoms with Crippen LogP contribution in [0.15, 0.2) is 11.6 Å². The molecule has 4 heteroatoms. The minimum absolute atomic E-state index is 0.159. The number of nitrogens with one attached hydrogen (secondary N) is 2. The van der Waals surface area contributed by atoms with Crippen LogP contribution in [0.5, 0.6) is 0 Å². The number of likely N-dealkylation sites (tertiary alicyclic amines) is 1. The van der Waals surface area contributed by atoms with Crippen molar-refractivity contribution in [3.05, 3.63) is 11.6 Å². The molecular weight excluding hydrogens is 212 g/mol. The number of nitrogens with zero attached hydrogens (tertiary/aromatic N) is 2. The van der Waals surface area contributed by atoms with Crippen molar-refractivity contribution in [1.29, 1.82) is 5.26 Å². The average molecular weight is 232 g/mol. The molecule has 0 bridgehead atoms. The van der Waals surface area contributed by atoms with E-state index in [2.05, 4.69) is 34.7 Å². The molecule has 0 spiro atoms. The lowest BCUT2D eigenvalue weighted by molar-refractivity contribution is 0.267. The second-order valence-electron chi connectivity index (χ2n) is 5.45. The molecule has 3 aliphatic rings. The second kappa shape index (κ2) is 4.41. The Morgan fingerprint density at radius 3 is 3.12 bits per heavy atom. The summed E-state index contributed by atoms with van der Waals surface area (Å²) in [7, 11) is 2.16. The maximum Gasteiger partial charge on any atom is 0.0758 e. The number of hydrogen-bond donors (Lipinski definition) is 2. The number of likely N-dealkylation sites (N-methyl/N-ethyl adjacent to an activating group) is 1. The van der Waals surface area contributed by atoms with E-state index in [1.165, 1.54) is 0 Å². The molecule has 4 unspecified atom stereocenters. The Morgan fingerprint density at radius 2 is 2.41 bits per heavy atom. The van der Waals surface area contributed by atoms with Crippen molar-refractivity contribution in [2.24, 2.45) is 11.8 Å². The summed E-state index contributed by atoms with van der Waals surface area (Å²) in [5, 5.41) is 16.2. The number of nitriles is 1. The molecule has 4 nitrogen and oxygen atoms in total. The molecule has 0 aromatic heterocycles. The SMILES string of the molecule is CN1CC(C#N)C2NCC(C3=CCCNC3)C21. The first-order valence-corrected chi connectivity index (χ1v) is 6.54. The summed E-state index contributed by atoms with van der Waals surface area (Å²) in [5.74, 6) is 0.753. The van der Waals surface area contributed by atoms with Gasteiger partial charge in [0.2, 0.25) is 0 Å². The Kier molecular flexibility index (Phi) is 2.91. The largest absolute Gasteiger partial charge is 0.313 e. The summed E-state index contributed by atoms with van der Waals surface area (Å²) in [4.78, 5) is 2.37. The van der Waals surface area contributed by atoms with Crippen LogP contribution in [0.25, 0.3) is 0 Å². The van der Waals surface area contributed by atoms with Crippen molar-refractivity contribution < 1.29 is 0 Å². The maximum absolute atomic E-state index is 9.18. The van der Waals surface area contributed by atoms with Crippen molar-refractivity contribution in [3.8, 4) is 6.07 Å². The summed E-state index contributed by atoms with van der Waals surface area (Å²) in [5.41, 5.74) is 1.54. The molecule has 0 saturated carbocycles. The Bertz CT molecular complexity index is 370. The van der Waals surface area contributed by atoms with Crippen LogP contribution < -0.4 is 10.6 Å². The highest BCUT2D eigenvalue weighted by atomic mass is 15.2. The third kappa shape index (κ3) is 1.79. The van der Waals surface area contributed by atoms with Crippen molar-refractivity contribution in [2.45, 2.75) is 18.5 Å². The van der Waals surface area contributed by atoms with E-state index in [0.717, 1.165) is 32.6 Å². The van der Waals surface area contributed by atoms with Crippen molar-refractivity contribution >= 4 is 0 Å². The fourth-order valence-corrected chi connectivity index (χ4v) is 3.68. The van der Waals surface area contributed by atoms with E-state index < -0.39 is 0 Å². The highest BCUT2D eigenvalue weighted by molar-refractivity contribution is 5.23. The Balaban J connectivity index is 1.81. The molecule has 2 fully saturated rings. The Hall–Kier alpha value is -0.890. The van der Waals surface area contributed by atoms with Gasteiger partial charge in [0.25, 0.3) is 0 Å². The molecule has 3 heterocycles. The molecule has 0 aromatic carbocycles. The number of fused-ring (bicyclic) bond motifs is 1. The minimum Gasteiger partial charge on any atom is -0.313 e. The van der Waals surface area contributed by atoms with E-state index in [1.807, 2.05) is 0 Å². The van der Waals surface area contributed by atoms with Gasteiger partial charge in [0.15, 0.2) is 0 Å². The van der Waals surface area contributed by atoms with Crippen LogP contribution in [-0.4, -0.2) is 50.2 Å². The summed E-state index contributed by atoms with van der Waals surface area (Å²) >= 11 is 0. The van der Waals surface area contributed by atoms with Crippen LogP contribution in [0.3, 0.4) is 0 Å². The van der Waals surface area contributed by atoms with Crippen LogP contribution in [0, 0.1) is 23.2 Å². The first-order valence-electron chi connectivity index (χ1n) is 6.54. The summed E-state index contributed by atoms with van der Waals surface area (Å²) in [6.07, 6.45) is 3.55.